The van der Waals surface area contributed by atoms with Gasteiger partial charge < -0.3 is 21.7 Å². The molecule has 6 heteroatoms. The van der Waals surface area contributed by atoms with Gasteiger partial charge in [-0.25, -0.2) is 0 Å². The van der Waals surface area contributed by atoms with E-state index in [0.717, 1.165) is 36.3 Å². The summed E-state index contributed by atoms with van der Waals surface area (Å²) in [6.45, 7) is 0.755. The summed E-state index contributed by atoms with van der Waals surface area (Å²) in [6.07, 6.45) is 2.85. The Morgan fingerprint density at radius 3 is 2.90 bits per heavy atom. The molecule has 1 saturated heterocycles. The van der Waals surface area contributed by atoms with Gasteiger partial charge in [-0.05, 0) is 37.0 Å². The molecule has 0 aromatic heterocycles. The lowest BCUT2D eigenvalue weighted by atomic mass is 10.0. The SMILES string of the molecule is NC(=O)C1CCCN1c1cc2c(cc1N)CCC(=O)N2. The summed E-state index contributed by atoms with van der Waals surface area (Å²) >= 11 is 0. The lowest BCUT2D eigenvalue weighted by Gasteiger charge is -2.28. The maximum Gasteiger partial charge on any atom is 0.240 e. The van der Waals surface area contributed by atoms with E-state index in [-0.39, 0.29) is 17.9 Å². The molecule has 5 N–H and O–H groups in total. The van der Waals surface area contributed by atoms with E-state index in [1.54, 1.807) is 0 Å². The molecule has 2 heterocycles. The molecule has 1 fully saturated rings. The summed E-state index contributed by atoms with van der Waals surface area (Å²) in [5.41, 5.74) is 14.8. The van der Waals surface area contributed by atoms with Crippen LogP contribution in [0.25, 0.3) is 0 Å². The number of nitrogens with two attached hydrogens (primary N) is 2. The largest absolute Gasteiger partial charge is 0.397 e. The molecule has 20 heavy (non-hydrogen) atoms. The van der Waals surface area contributed by atoms with Crippen LogP contribution in [-0.2, 0) is 16.0 Å². The summed E-state index contributed by atoms with van der Waals surface area (Å²) < 4.78 is 0. The number of anilines is 3. The van der Waals surface area contributed by atoms with Crippen LogP contribution in [-0.4, -0.2) is 24.4 Å². The Morgan fingerprint density at radius 1 is 1.35 bits per heavy atom. The van der Waals surface area contributed by atoms with E-state index < -0.39 is 0 Å². The van der Waals surface area contributed by atoms with Gasteiger partial charge in [-0.1, -0.05) is 0 Å². The van der Waals surface area contributed by atoms with E-state index in [0.29, 0.717) is 18.5 Å². The van der Waals surface area contributed by atoms with Gasteiger partial charge in [0.2, 0.25) is 11.8 Å². The van der Waals surface area contributed by atoms with Crippen LogP contribution in [0.2, 0.25) is 0 Å². The van der Waals surface area contributed by atoms with Crippen LogP contribution < -0.4 is 21.7 Å². The fraction of sp³-hybridized carbons (Fsp3) is 0.429. The number of carbonyl (C=O) groups is 2. The summed E-state index contributed by atoms with van der Waals surface area (Å²) in [4.78, 5) is 24.9. The molecule has 0 bridgehead atoms. The van der Waals surface area contributed by atoms with Gasteiger partial charge in [0.05, 0.1) is 11.4 Å². The Morgan fingerprint density at radius 2 is 2.15 bits per heavy atom. The monoisotopic (exact) mass is 274 g/mol. The van der Waals surface area contributed by atoms with Gasteiger partial charge in [0.25, 0.3) is 0 Å². The first-order valence-corrected chi connectivity index (χ1v) is 6.84. The molecular formula is C14H18N4O2. The average Bonchev–Trinajstić information content (AvgIpc) is 2.87. The lowest BCUT2D eigenvalue weighted by Crippen LogP contribution is -2.40. The van der Waals surface area contributed by atoms with E-state index >= 15 is 0 Å². The molecule has 1 aromatic rings. The second-order valence-electron chi connectivity index (χ2n) is 5.37. The third-order valence-corrected chi connectivity index (χ3v) is 4.04. The van der Waals surface area contributed by atoms with Crippen molar-refractivity contribution >= 4 is 28.9 Å². The third kappa shape index (κ3) is 2.07. The number of carbonyl (C=O) groups excluding carboxylic acids is 2. The Labute approximate surface area is 117 Å². The normalized spacial score (nSPS) is 21.5. The van der Waals surface area contributed by atoms with Crippen molar-refractivity contribution in [2.45, 2.75) is 31.7 Å². The minimum atomic E-state index is -0.330. The zero-order valence-corrected chi connectivity index (χ0v) is 11.2. The number of nitrogens with zero attached hydrogens (tertiary/aromatic N) is 1. The Hall–Kier alpha value is -2.24. The van der Waals surface area contributed by atoms with Crippen molar-refractivity contribution in [2.75, 3.05) is 22.5 Å². The number of benzene rings is 1. The fourth-order valence-corrected chi connectivity index (χ4v) is 3.04. The number of hydrogen-bond acceptors (Lipinski definition) is 4. The Kier molecular flexibility index (Phi) is 3.00. The number of rotatable bonds is 2. The first kappa shape index (κ1) is 12.8. The van der Waals surface area contributed by atoms with Crippen molar-refractivity contribution in [1.29, 1.82) is 0 Å². The molecule has 1 aromatic carbocycles. The molecule has 0 aliphatic carbocycles. The van der Waals surface area contributed by atoms with Gasteiger partial charge in [0.1, 0.15) is 6.04 Å². The maximum absolute atomic E-state index is 11.5. The molecule has 106 valence electrons. The third-order valence-electron chi connectivity index (χ3n) is 4.04. The maximum atomic E-state index is 11.5. The van der Waals surface area contributed by atoms with Crippen LogP contribution in [0.1, 0.15) is 24.8 Å². The average molecular weight is 274 g/mol. The molecule has 0 saturated carbocycles. The van der Waals surface area contributed by atoms with Crippen LogP contribution in [0.4, 0.5) is 17.1 Å². The van der Waals surface area contributed by atoms with Crippen molar-refractivity contribution in [2.24, 2.45) is 5.73 Å². The van der Waals surface area contributed by atoms with Crippen molar-refractivity contribution in [1.82, 2.24) is 0 Å². The number of nitrogen functional groups attached to an aromatic ring is 1. The highest BCUT2D eigenvalue weighted by Crippen LogP contribution is 2.36. The molecule has 1 atom stereocenters. The number of nitrogens with one attached hydrogen (secondary N) is 1. The second-order valence-corrected chi connectivity index (χ2v) is 5.37. The highest BCUT2D eigenvalue weighted by Gasteiger charge is 2.31. The van der Waals surface area contributed by atoms with Crippen molar-refractivity contribution in [3.8, 4) is 0 Å². The number of hydrogen-bond donors (Lipinski definition) is 3. The van der Waals surface area contributed by atoms with Crippen LogP contribution >= 0.6 is 0 Å². The predicted octanol–water partition coefficient (Wildman–Crippen LogP) is 0.608. The highest BCUT2D eigenvalue weighted by atomic mass is 16.2. The quantitative estimate of drug-likeness (QED) is 0.687. The van der Waals surface area contributed by atoms with Gasteiger partial charge in [-0.3, -0.25) is 9.59 Å². The Bertz CT molecular complexity index is 585. The summed E-state index contributed by atoms with van der Waals surface area (Å²) in [5.74, 6) is -0.315. The number of fused-ring (bicyclic) bond motifs is 1. The standard InChI is InChI=1S/C14H18N4O2/c15-9-6-8-3-4-13(19)17-10(8)7-12(9)18-5-1-2-11(18)14(16)20/h6-7,11H,1-5,15H2,(H2,16,20)(H,17,19). The molecule has 1 unspecified atom stereocenters. The molecular weight excluding hydrogens is 256 g/mol. The number of primary amides is 1. The van der Waals surface area contributed by atoms with E-state index in [1.165, 1.54) is 0 Å². The summed E-state index contributed by atoms with van der Waals surface area (Å²) in [5, 5.41) is 2.86. The molecule has 6 nitrogen and oxygen atoms in total. The van der Waals surface area contributed by atoms with E-state index in [4.69, 9.17) is 11.5 Å². The minimum Gasteiger partial charge on any atom is -0.397 e. The first-order chi connectivity index (χ1) is 9.56. The number of amides is 2. The molecule has 0 spiro atoms. The second kappa shape index (κ2) is 4.70. The fourth-order valence-electron chi connectivity index (χ4n) is 3.04. The highest BCUT2D eigenvalue weighted by molar-refractivity contribution is 5.96. The zero-order valence-electron chi connectivity index (χ0n) is 11.2. The van der Waals surface area contributed by atoms with Crippen LogP contribution in [0.3, 0.4) is 0 Å². The molecule has 2 aliphatic rings. The smallest absolute Gasteiger partial charge is 0.240 e. The summed E-state index contributed by atoms with van der Waals surface area (Å²) in [7, 11) is 0. The van der Waals surface area contributed by atoms with Gasteiger partial charge in [-0.15, -0.1) is 0 Å². The van der Waals surface area contributed by atoms with Crippen molar-refractivity contribution in [3.05, 3.63) is 17.7 Å². The zero-order chi connectivity index (χ0) is 14.3. The minimum absolute atomic E-state index is 0.0149. The number of aryl methyl sites for hydroxylation is 1. The summed E-state index contributed by atoms with van der Waals surface area (Å²) in [6, 6.07) is 3.44. The van der Waals surface area contributed by atoms with Crippen LogP contribution in [0.5, 0.6) is 0 Å². The molecule has 2 amide bonds. The predicted molar refractivity (Wildman–Crippen MR) is 77.4 cm³/mol. The van der Waals surface area contributed by atoms with Crippen LogP contribution in [0.15, 0.2) is 12.1 Å². The lowest BCUT2D eigenvalue weighted by molar-refractivity contribution is -0.119. The first-order valence-electron chi connectivity index (χ1n) is 6.84. The van der Waals surface area contributed by atoms with Crippen molar-refractivity contribution < 1.29 is 9.59 Å². The van der Waals surface area contributed by atoms with Gasteiger partial charge in [0.15, 0.2) is 0 Å². The molecule has 3 rings (SSSR count). The van der Waals surface area contributed by atoms with Gasteiger partial charge in [0, 0.05) is 18.7 Å². The molecule has 2 aliphatic heterocycles. The molecule has 0 radical (unpaired) electrons. The van der Waals surface area contributed by atoms with Crippen LogP contribution in [0, 0.1) is 0 Å². The van der Waals surface area contributed by atoms with E-state index in [9.17, 15) is 9.59 Å². The van der Waals surface area contributed by atoms with Gasteiger partial charge in [-0.2, -0.15) is 0 Å². The topological polar surface area (TPSA) is 101 Å². The van der Waals surface area contributed by atoms with E-state index in [2.05, 4.69) is 5.32 Å². The van der Waals surface area contributed by atoms with Gasteiger partial charge >= 0.3 is 0 Å². The Balaban J connectivity index is 1.99. The van der Waals surface area contributed by atoms with Crippen molar-refractivity contribution in [3.63, 3.8) is 0 Å². The van der Waals surface area contributed by atoms with E-state index in [1.807, 2.05) is 17.0 Å².